The molecule has 0 saturated heterocycles. The van der Waals surface area contributed by atoms with Crippen molar-refractivity contribution in [2.24, 2.45) is 0 Å². The lowest BCUT2D eigenvalue weighted by Gasteiger charge is -2.08. The lowest BCUT2D eigenvalue weighted by atomic mass is 10.1. The Labute approximate surface area is 142 Å². The molecule has 0 spiro atoms. The fraction of sp³-hybridized carbons (Fsp3) is 0.250. The van der Waals surface area contributed by atoms with Crippen molar-refractivity contribution in [3.05, 3.63) is 65.9 Å². The highest BCUT2D eigenvalue weighted by atomic mass is 16.5. The molecule has 0 radical (unpaired) electrons. The summed E-state index contributed by atoms with van der Waals surface area (Å²) in [6.45, 7) is 3.72. The molecule has 0 aliphatic carbocycles. The average molecular weight is 322 g/mol. The van der Waals surface area contributed by atoms with E-state index in [1.54, 1.807) is 7.11 Å². The molecule has 1 amide bonds. The largest absolute Gasteiger partial charge is 0.380 e. The Morgan fingerprint density at radius 1 is 1.12 bits per heavy atom. The van der Waals surface area contributed by atoms with E-state index in [9.17, 15) is 4.79 Å². The van der Waals surface area contributed by atoms with Crippen molar-refractivity contribution in [3.63, 3.8) is 0 Å². The molecule has 4 nitrogen and oxygen atoms in total. The predicted octanol–water partition coefficient (Wildman–Crippen LogP) is 4.45. The highest BCUT2D eigenvalue weighted by Crippen LogP contribution is 2.21. The molecule has 0 aliphatic rings. The van der Waals surface area contributed by atoms with E-state index < -0.39 is 0 Å². The Kier molecular flexibility index (Phi) is 4.96. The number of methoxy groups -OCH3 is 1. The van der Waals surface area contributed by atoms with Gasteiger partial charge in [0.05, 0.1) is 6.61 Å². The number of hydrogen-bond donors (Lipinski definition) is 1. The van der Waals surface area contributed by atoms with Crippen LogP contribution in [-0.2, 0) is 17.9 Å². The first-order valence-electron chi connectivity index (χ1n) is 8.19. The number of ether oxygens (including phenoxy) is 1. The number of benzene rings is 2. The molecule has 0 aliphatic heterocycles. The molecule has 0 saturated carbocycles. The fourth-order valence-corrected chi connectivity index (χ4v) is 2.84. The van der Waals surface area contributed by atoms with Crippen molar-refractivity contribution in [3.8, 4) is 0 Å². The number of aromatic nitrogens is 1. The van der Waals surface area contributed by atoms with Gasteiger partial charge in [-0.2, -0.15) is 0 Å². The van der Waals surface area contributed by atoms with Gasteiger partial charge < -0.3 is 14.6 Å². The minimum Gasteiger partial charge on any atom is -0.380 e. The van der Waals surface area contributed by atoms with E-state index in [0.29, 0.717) is 12.2 Å². The van der Waals surface area contributed by atoms with Crippen LogP contribution in [-0.4, -0.2) is 17.6 Å². The van der Waals surface area contributed by atoms with Crippen molar-refractivity contribution in [1.82, 2.24) is 4.57 Å². The zero-order chi connectivity index (χ0) is 16.9. The summed E-state index contributed by atoms with van der Waals surface area (Å²) in [5.74, 6) is -0.105. The van der Waals surface area contributed by atoms with Crippen molar-refractivity contribution >= 4 is 22.5 Å². The van der Waals surface area contributed by atoms with Crippen LogP contribution in [0.25, 0.3) is 10.9 Å². The van der Waals surface area contributed by atoms with Crippen LogP contribution >= 0.6 is 0 Å². The number of aryl methyl sites for hydroxylation is 1. The summed E-state index contributed by atoms with van der Waals surface area (Å²) in [5, 5.41) is 4.10. The number of nitrogens with one attached hydrogen (secondary N) is 1. The number of rotatable bonds is 6. The van der Waals surface area contributed by atoms with Crippen LogP contribution in [0.1, 0.15) is 29.3 Å². The molecule has 1 aromatic heterocycles. The van der Waals surface area contributed by atoms with Crippen LogP contribution in [0.2, 0.25) is 0 Å². The average Bonchev–Trinajstić information content (AvgIpc) is 2.98. The number of carbonyl (C=O) groups is 1. The molecular formula is C20H22N2O2. The van der Waals surface area contributed by atoms with E-state index >= 15 is 0 Å². The standard InChI is InChI=1S/C20H22N2O2/c1-3-11-22-12-10-17-13-18(8-9-19(17)22)21-20(23)16-6-4-15(5-7-16)14-24-2/h4-10,12-13H,3,11,14H2,1-2H3,(H,21,23). The Hall–Kier alpha value is -2.59. The van der Waals surface area contributed by atoms with Crippen LogP contribution in [0.4, 0.5) is 5.69 Å². The maximum atomic E-state index is 12.4. The van der Waals surface area contributed by atoms with Crippen molar-refractivity contribution in [2.45, 2.75) is 26.5 Å². The highest BCUT2D eigenvalue weighted by molar-refractivity contribution is 6.05. The van der Waals surface area contributed by atoms with E-state index in [4.69, 9.17) is 4.74 Å². The first kappa shape index (κ1) is 16.3. The molecule has 1 heterocycles. The number of anilines is 1. The first-order chi connectivity index (χ1) is 11.7. The van der Waals surface area contributed by atoms with Gasteiger partial charge in [-0.1, -0.05) is 19.1 Å². The van der Waals surface area contributed by atoms with Gasteiger partial charge in [-0.25, -0.2) is 0 Å². The molecule has 3 aromatic rings. The van der Waals surface area contributed by atoms with E-state index in [-0.39, 0.29) is 5.91 Å². The maximum absolute atomic E-state index is 12.4. The maximum Gasteiger partial charge on any atom is 0.255 e. The van der Waals surface area contributed by atoms with Crippen LogP contribution in [0.15, 0.2) is 54.7 Å². The zero-order valence-electron chi connectivity index (χ0n) is 14.1. The normalized spacial score (nSPS) is 10.9. The smallest absolute Gasteiger partial charge is 0.255 e. The Bertz CT molecular complexity index is 834. The minimum absolute atomic E-state index is 0.105. The van der Waals surface area contributed by atoms with Crippen molar-refractivity contribution < 1.29 is 9.53 Å². The fourth-order valence-electron chi connectivity index (χ4n) is 2.84. The van der Waals surface area contributed by atoms with Crippen LogP contribution in [0, 0.1) is 0 Å². The summed E-state index contributed by atoms with van der Waals surface area (Å²) in [7, 11) is 1.66. The van der Waals surface area contributed by atoms with Gasteiger partial charge in [-0.05, 0) is 48.4 Å². The molecule has 3 rings (SSSR count). The molecule has 0 fully saturated rings. The molecule has 24 heavy (non-hydrogen) atoms. The van der Waals surface area contributed by atoms with Gasteiger partial charge in [0.15, 0.2) is 0 Å². The van der Waals surface area contributed by atoms with Gasteiger partial charge in [-0.15, -0.1) is 0 Å². The van der Waals surface area contributed by atoms with Crippen LogP contribution in [0.3, 0.4) is 0 Å². The van der Waals surface area contributed by atoms with Gasteiger partial charge in [0.25, 0.3) is 5.91 Å². The summed E-state index contributed by atoms with van der Waals surface area (Å²) in [6, 6.07) is 15.6. The summed E-state index contributed by atoms with van der Waals surface area (Å²) in [4.78, 5) is 12.4. The molecule has 0 atom stereocenters. The number of carbonyl (C=O) groups excluding carboxylic acids is 1. The van der Waals surface area contributed by atoms with Gasteiger partial charge >= 0.3 is 0 Å². The van der Waals surface area contributed by atoms with Gasteiger partial charge in [0, 0.05) is 42.0 Å². The quantitative estimate of drug-likeness (QED) is 0.728. The number of nitrogens with zero attached hydrogens (tertiary/aromatic N) is 1. The SMILES string of the molecule is CCCn1ccc2cc(NC(=O)c3ccc(COC)cc3)ccc21. The van der Waals surface area contributed by atoms with E-state index in [2.05, 4.69) is 35.1 Å². The van der Waals surface area contributed by atoms with Gasteiger partial charge in [0.1, 0.15) is 0 Å². The van der Waals surface area contributed by atoms with Crippen molar-refractivity contribution in [1.29, 1.82) is 0 Å². The molecule has 0 bridgehead atoms. The van der Waals surface area contributed by atoms with E-state index in [1.807, 2.05) is 36.4 Å². The molecule has 2 aromatic carbocycles. The van der Waals surface area contributed by atoms with Crippen LogP contribution in [0.5, 0.6) is 0 Å². The lowest BCUT2D eigenvalue weighted by Crippen LogP contribution is -2.11. The third-order valence-corrected chi connectivity index (χ3v) is 4.02. The molecule has 1 N–H and O–H groups in total. The number of amides is 1. The molecular weight excluding hydrogens is 300 g/mol. The Morgan fingerprint density at radius 2 is 1.92 bits per heavy atom. The lowest BCUT2D eigenvalue weighted by molar-refractivity contribution is 0.102. The third kappa shape index (κ3) is 3.49. The summed E-state index contributed by atoms with van der Waals surface area (Å²) < 4.78 is 7.31. The minimum atomic E-state index is -0.105. The zero-order valence-corrected chi connectivity index (χ0v) is 14.1. The Morgan fingerprint density at radius 3 is 2.62 bits per heavy atom. The number of hydrogen-bond acceptors (Lipinski definition) is 2. The second-order valence-electron chi connectivity index (χ2n) is 5.87. The summed E-state index contributed by atoms with van der Waals surface area (Å²) in [5.41, 5.74) is 3.69. The second kappa shape index (κ2) is 7.32. The monoisotopic (exact) mass is 322 g/mol. The molecule has 0 unspecified atom stereocenters. The van der Waals surface area contributed by atoms with E-state index in [1.165, 1.54) is 5.52 Å². The second-order valence-corrected chi connectivity index (χ2v) is 5.87. The van der Waals surface area contributed by atoms with Crippen LogP contribution < -0.4 is 5.32 Å². The highest BCUT2D eigenvalue weighted by Gasteiger charge is 2.08. The topological polar surface area (TPSA) is 43.3 Å². The molecule has 124 valence electrons. The first-order valence-corrected chi connectivity index (χ1v) is 8.19. The van der Waals surface area contributed by atoms with Crippen molar-refractivity contribution in [2.75, 3.05) is 12.4 Å². The molecule has 4 heteroatoms. The third-order valence-electron chi connectivity index (χ3n) is 4.02. The Balaban J connectivity index is 1.75. The van der Waals surface area contributed by atoms with Gasteiger partial charge in [-0.3, -0.25) is 4.79 Å². The summed E-state index contributed by atoms with van der Waals surface area (Å²) in [6.07, 6.45) is 3.19. The van der Waals surface area contributed by atoms with Gasteiger partial charge in [0.2, 0.25) is 0 Å². The summed E-state index contributed by atoms with van der Waals surface area (Å²) >= 11 is 0. The predicted molar refractivity (Wildman–Crippen MR) is 97.3 cm³/mol. The number of fused-ring (bicyclic) bond motifs is 1. The van der Waals surface area contributed by atoms with E-state index in [0.717, 1.165) is 29.6 Å².